The van der Waals surface area contributed by atoms with E-state index in [1.165, 1.54) is 25.7 Å². The summed E-state index contributed by atoms with van der Waals surface area (Å²) in [5.74, 6) is 3.09. The molecule has 23 heavy (non-hydrogen) atoms. The van der Waals surface area contributed by atoms with Crippen molar-refractivity contribution < 1.29 is 14.3 Å². The van der Waals surface area contributed by atoms with Gasteiger partial charge in [-0.2, -0.15) is 5.10 Å². The van der Waals surface area contributed by atoms with Crippen molar-refractivity contribution >= 4 is 11.6 Å². The van der Waals surface area contributed by atoms with Gasteiger partial charge >= 0.3 is 0 Å². The summed E-state index contributed by atoms with van der Waals surface area (Å²) in [4.78, 5) is 12.3. The predicted octanol–water partition coefficient (Wildman–Crippen LogP) is 3.25. The van der Waals surface area contributed by atoms with Crippen LogP contribution in [0, 0.1) is 17.8 Å². The first-order valence-electron chi connectivity index (χ1n) is 8.19. The van der Waals surface area contributed by atoms with Crippen LogP contribution in [-0.2, 0) is 0 Å². The van der Waals surface area contributed by atoms with E-state index in [9.17, 15) is 4.79 Å². The molecule has 1 aromatic rings. The van der Waals surface area contributed by atoms with Gasteiger partial charge in [0.05, 0.1) is 14.2 Å². The molecule has 124 valence electrons. The Hall–Kier alpha value is -2.04. The number of hydrogen-bond acceptors (Lipinski definition) is 4. The van der Waals surface area contributed by atoms with Gasteiger partial charge in [0, 0.05) is 17.2 Å². The highest BCUT2D eigenvalue weighted by atomic mass is 16.5. The summed E-state index contributed by atoms with van der Waals surface area (Å²) in [6.45, 7) is 2.03. The summed E-state index contributed by atoms with van der Waals surface area (Å²) < 4.78 is 10.4. The number of methoxy groups -OCH3 is 2. The van der Waals surface area contributed by atoms with Crippen LogP contribution in [-0.4, -0.2) is 25.8 Å². The Kier molecular flexibility index (Phi) is 4.55. The van der Waals surface area contributed by atoms with E-state index in [1.807, 2.05) is 6.92 Å². The lowest BCUT2D eigenvalue weighted by Gasteiger charge is -2.21. The Balaban J connectivity index is 1.66. The molecule has 3 atom stereocenters. The number of amides is 1. The molecule has 1 aromatic carbocycles. The number of ether oxygens (including phenoxy) is 2. The van der Waals surface area contributed by atoms with Gasteiger partial charge in [0.15, 0.2) is 11.5 Å². The molecule has 5 nitrogen and oxygen atoms in total. The minimum absolute atomic E-state index is 0.228. The first-order chi connectivity index (χ1) is 11.1. The fourth-order valence-corrected chi connectivity index (χ4v) is 4.02. The van der Waals surface area contributed by atoms with Crippen molar-refractivity contribution in [1.82, 2.24) is 5.43 Å². The highest BCUT2D eigenvalue weighted by molar-refractivity contribution is 5.96. The molecule has 2 fully saturated rings. The van der Waals surface area contributed by atoms with Crippen molar-refractivity contribution in [3.05, 3.63) is 23.8 Å². The molecule has 0 saturated heterocycles. The molecule has 0 radical (unpaired) electrons. The maximum absolute atomic E-state index is 12.3. The molecule has 2 aliphatic rings. The van der Waals surface area contributed by atoms with Crippen LogP contribution >= 0.6 is 0 Å². The van der Waals surface area contributed by atoms with Crippen molar-refractivity contribution in [1.29, 1.82) is 0 Å². The third kappa shape index (κ3) is 3.19. The van der Waals surface area contributed by atoms with Gasteiger partial charge in [0.25, 0.3) is 5.91 Å². The van der Waals surface area contributed by atoms with E-state index in [4.69, 9.17) is 9.47 Å². The first kappa shape index (κ1) is 15.8. The number of benzene rings is 1. The van der Waals surface area contributed by atoms with E-state index in [2.05, 4.69) is 10.5 Å². The average molecular weight is 316 g/mol. The molecular formula is C18H24N2O3. The van der Waals surface area contributed by atoms with Gasteiger partial charge in [-0.3, -0.25) is 4.79 Å². The van der Waals surface area contributed by atoms with Crippen LogP contribution in [0.5, 0.6) is 11.5 Å². The molecule has 1 amide bonds. The Morgan fingerprint density at radius 3 is 2.57 bits per heavy atom. The standard InChI is InChI=1S/C18H24N2O3/c1-11(15-9-12-4-5-13(15)8-12)19-20-18(21)14-6-7-16(22-2)17(10-14)23-3/h6-7,10,12-13,15H,4-5,8-9H2,1-3H3,(H,20,21)/b19-11+/t12-,13-,15+/m1/s1. The smallest absolute Gasteiger partial charge is 0.271 e. The lowest BCUT2D eigenvalue weighted by Crippen LogP contribution is -2.24. The maximum Gasteiger partial charge on any atom is 0.271 e. The summed E-state index contributed by atoms with van der Waals surface area (Å²) in [6, 6.07) is 5.09. The molecule has 0 aromatic heterocycles. The largest absolute Gasteiger partial charge is 0.493 e. The van der Waals surface area contributed by atoms with Crippen LogP contribution in [0.4, 0.5) is 0 Å². The average Bonchev–Trinajstić information content (AvgIpc) is 3.21. The molecule has 0 heterocycles. The van der Waals surface area contributed by atoms with Gasteiger partial charge in [-0.05, 0) is 56.2 Å². The van der Waals surface area contributed by atoms with E-state index in [0.29, 0.717) is 23.0 Å². The quantitative estimate of drug-likeness (QED) is 0.670. The van der Waals surface area contributed by atoms with Crippen molar-refractivity contribution in [2.45, 2.75) is 32.6 Å². The maximum atomic E-state index is 12.3. The van der Waals surface area contributed by atoms with Gasteiger partial charge in [-0.25, -0.2) is 5.43 Å². The van der Waals surface area contributed by atoms with Gasteiger partial charge in [0.1, 0.15) is 0 Å². The molecular weight excluding hydrogens is 292 g/mol. The zero-order chi connectivity index (χ0) is 16.4. The van der Waals surface area contributed by atoms with E-state index in [1.54, 1.807) is 32.4 Å². The Labute approximate surface area is 137 Å². The zero-order valence-corrected chi connectivity index (χ0v) is 14.0. The monoisotopic (exact) mass is 316 g/mol. The van der Waals surface area contributed by atoms with Crippen molar-refractivity contribution in [3.63, 3.8) is 0 Å². The van der Waals surface area contributed by atoms with Gasteiger partial charge < -0.3 is 9.47 Å². The van der Waals surface area contributed by atoms with Crippen LogP contribution in [0.15, 0.2) is 23.3 Å². The van der Waals surface area contributed by atoms with E-state index < -0.39 is 0 Å². The number of carbonyl (C=O) groups excluding carboxylic acids is 1. The van der Waals surface area contributed by atoms with Crippen molar-refractivity contribution in [2.24, 2.45) is 22.9 Å². The SMILES string of the molecule is COc1ccc(C(=O)N/N=C(\C)[C@@H]2C[C@@H]3CC[C@@H]2C3)cc1OC. The molecule has 2 bridgehead atoms. The summed E-state index contributed by atoms with van der Waals surface area (Å²) in [7, 11) is 3.12. The van der Waals surface area contributed by atoms with Crippen molar-refractivity contribution in [3.8, 4) is 11.5 Å². The second kappa shape index (κ2) is 6.60. The zero-order valence-electron chi connectivity index (χ0n) is 14.0. The number of fused-ring (bicyclic) bond motifs is 2. The highest BCUT2D eigenvalue weighted by Crippen LogP contribution is 2.48. The van der Waals surface area contributed by atoms with Gasteiger partial charge in [-0.1, -0.05) is 6.42 Å². The Morgan fingerprint density at radius 2 is 1.96 bits per heavy atom. The van der Waals surface area contributed by atoms with Crippen LogP contribution in [0.1, 0.15) is 43.0 Å². The number of nitrogens with one attached hydrogen (secondary N) is 1. The molecule has 2 aliphatic carbocycles. The second-order valence-electron chi connectivity index (χ2n) is 6.55. The van der Waals surface area contributed by atoms with E-state index in [-0.39, 0.29) is 5.91 Å². The molecule has 0 spiro atoms. The topological polar surface area (TPSA) is 59.9 Å². The first-order valence-corrected chi connectivity index (χ1v) is 8.19. The third-order valence-electron chi connectivity index (χ3n) is 5.25. The number of rotatable bonds is 5. The number of hydrogen-bond donors (Lipinski definition) is 1. The second-order valence-corrected chi connectivity index (χ2v) is 6.55. The van der Waals surface area contributed by atoms with Crippen LogP contribution in [0.2, 0.25) is 0 Å². The van der Waals surface area contributed by atoms with Gasteiger partial charge in [-0.15, -0.1) is 0 Å². The van der Waals surface area contributed by atoms with E-state index in [0.717, 1.165) is 17.5 Å². The van der Waals surface area contributed by atoms with Crippen LogP contribution in [0.3, 0.4) is 0 Å². The van der Waals surface area contributed by atoms with Crippen molar-refractivity contribution in [2.75, 3.05) is 14.2 Å². The minimum atomic E-state index is -0.228. The summed E-state index contributed by atoms with van der Waals surface area (Å²) in [6.07, 6.45) is 5.24. The molecule has 3 rings (SSSR count). The summed E-state index contributed by atoms with van der Waals surface area (Å²) in [5.41, 5.74) is 4.23. The van der Waals surface area contributed by atoms with Gasteiger partial charge in [0.2, 0.25) is 0 Å². The lowest BCUT2D eigenvalue weighted by molar-refractivity contribution is 0.0954. The molecule has 1 N–H and O–H groups in total. The number of hydrazone groups is 1. The van der Waals surface area contributed by atoms with Crippen LogP contribution < -0.4 is 14.9 Å². The predicted molar refractivity (Wildman–Crippen MR) is 89.1 cm³/mol. The fourth-order valence-electron chi connectivity index (χ4n) is 4.02. The lowest BCUT2D eigenvalue weighted by atomic mass is 9.86. The summed E-state index contributed by atoms with van der Waals surface area (Å²) >= 11 is 0. The third-order valence-corrected chi connectivity index (χ3v) is 5.25. The summed E-state index contributed by atoms with van der Waals surface area (Å²) in [5, 5.41) is 4.34. The molecule has 5 heteroatoms. The highest BCUT2D eigenvalue weighted by Gasteiger charge is 2.40. The number of nitrogens with zero attached hydrogens (tertiary/aromatic N) is 1. The van der Waals surface area contributed by atoms with Crippen LogP contribution in [0.25, 0.3) is 0 Å². The molecule has 2 saturated carbocycles. The minimum Gasteiger partial charge on any atom is -0.493 e. The number of carbonyl (C=O) groups is 1. The van der Waals surface area contributed by atoms with E-state index >= 15 is 0 Å². The normalized spacial score (nSPS) is 26.2. The Morgan fingerprint density at radius 1 is 1.17 bits per heavy atom. The Bertz CT molecular complexity index is 627. The molecule has 0 unspecified atom stereocenters. The molecule has 0 aliphatic heterocycles. The fraction of sp³-hybridized carbons (Fsp3) is 0.556.